The van der Waals surface area contributed by atoms with Gasteiger partial charge in [0.25, 0.3) is 0 Å². The van der Waals surface area contributed by atoms with Gasteiger partial charge in [-0.1, -0.05) is 18.2 Å². The standard InChI is InChI=1S/C16H18N2O2/c17-16-8-11(5-6-18-16)7-14(19)13-9-12-3-1-2-4-15(12)20-10-13/h1-6,8,13-14,19H,7,9-10H2,(H2,17,18). The van der Waals surface area contributed by atoms with Crippen molar-refractivity contribution in [1.29, 1.82) is 0 Å². The number of aliphatic hydroxyl groups is 1. The lowest BCUT2D eigenvalue weighted by Crippen LogP contribution is -2.33. The molecule has 0 saturated heterocycles. The molecule has 104 valence electrons. The largest absolute Gasteiger partial charge is 0.493 e. The highest BCUT2D eigenvalue weighted by atomic mass is 16.5. The van der Waals surface area contributed by atoms with Gasteiger partial charge in [-0.15, -0.1) is 0 Å². The maximum atomic E-state index is 10.4. The van der Waals surface area contributed by atoms with Gasteiger partial charge in [0.05, 0.1) is 12.7 Å². The van der Waals surface area contributed by atoms with Crippen molar-refractivity contribution in [3.8, 4) is 5.75 Å². The van der Waals surface area contributed by atoms with Crippen molar-refractivity contribution < 1.29 is 9.84 Å². The molecule has 1 aromatic carbocycles. The normalized spacial score (nSPS) is 18.9. The molecule has 2 heterocycles. The number of rotatable bonds is 3. The molecule has 0 aliphatic carbocycles. The molecule has 0 saturated carbocycles. The van der Waals surface area contributed by atoms with Gasteiger partial charge in [0, 0.05) is 12.1 Å². The van der Waals surface area contributed by atoms with Crippen molar-refractivity contribution >= 4 is 5.82 Å². The Bertz CT molecular complexity index is 601. The number of aromatic nitrogens is 1. The molecule has 2 aromatic rings. The quantitative estimate of drug-likeness (QED) is 0.892. The number of hydrogen-bond donors (Lipinski definition) is 2. The first-order chi connectivity index (χ1) is 9.72. The topological polar surface area (TPSA) is 68.4 Å². The number of para-hydroxylation sites is 1. The summed E-state index contributed by atoms with van der Waals surface area (Å²) in [6, 6.07) is 11.7. The monoisotopic (exact) mass is 270 g/mol. The zero-order chi connectivity index (χ0) is 13.9. The molecule has 0 bridgehead atoms. The Morgan fingerprint density at radius 3 is 3.05 bits per heavy atom. The number of fused-ring (bicyclic) bond motifs is 1. The van der Waals surface area contributed by atoms with Gasteiger partial charge in [-0.25, -0.2) is 4.98 Å². The Kier molecular flexibility index (Phi) is 3.56. The first-order valence-electron chi connectivity index (χ1n) is 6.81. The van der Waals surface area contributed by atoms with Crippen molar-refractivity contribution in [1.82, 2.24) is 4.98 Å². The van der Waals surface area contributed by atoms with E-state index in [9.17, 15) is 5.11 Å². The number of nitrogen functional groups attached to an aromatic ring is 1. The smallest absolute Gasteiger partial charge is 0.123 e. The molecule has 2 unspecified atom stereocenters. The van der Waals surface area contributed by atoms with E-state index < -0.39 is 6.10 Å². The lowest BCUT2D eigenvalue weighted by molar-refractivity contribution is 0.0652. The molecular weight excluding hydrogens is 252 g/mol. The molecule has 4 nitrogen and oxygen atoms in total. The van der Waals surface area contributed by atoms with Crippen molar-refractivity contribution in [3.63, 3.8) is 0 Å². The fraction of sp³-hybridized carbons (Fsp3) is 0.312. The van der Waals surface area contributed by atoms with Crippen LogP contribution in [-0.2, 0) is 12.8 Å². The highest BCUT2D eigenvalue weighted by molar-refractivity contribution is 5.35. The van der Waals surface area contributed by atoms with Crippen LogP contribution >= 0.6 is 0 Å². The van der Waals surface area contributed by atoms with Crippen LogP contribution in [0.25, 0.3) is 0 Å². The third-order valence-electron chi connectivity index (χ3n) is 3.74. The van der Waals surface area contributed by atoms with Crippen molar-refractivity contribution in [2.75, 3.05) is 12.3 Å². The molecule has 1 aliphatic heterocycles. The van der Waals surface area contributed by atoms with Crippen molar-refractivity contribution in [2.24, 2.45) is 5.92 Å². The molecule has 4 heteroatoms. The van der Waals surface area contributed by atoms with E-state index in [1.54, 1.807) is 12.3 Å². The van der Waals surface area contributed by atoms with Crippen LogP contribution in [0.4, 0.5) is 5.82 Å². The van der Waals surface area contributed by atoms with Crippen LogP contribution < -0.4 is 10.5 Å². The summed E-state index contributed by atoms with van der Waals surface area (Å²) in [7, 11) is 0. The average molecular weight is 270 g/mol. The van der Waals surface area contributed by atoms with E-state index in [1.165, 1.54) is 0 Å². The van der Waals surface area contributed by atoms with E-state index in [1.807, 2.05) is 24.3 Å². The lowest BCUT2D eigenvalue weighted by atomic mass is 9.89. The molecule has 0 spiro atoms. The number of anilines is 1. The summed E-state index contributed by atoms with van der Waals surface area (Å²) in [4.78, 5) is 3.96. The van der Waals surface area contributed by atoms with E-state index >= 15 is 0 Å². The van der Waals surface area contributed by atoms with Gasteiger partial charge in [-0.3, -0.25) is 0 Å². The molecule has 3 N–H and O–H groups in total. The molecule has 20 heavy (non-hydrogen) atoms. The van der Waals surface area contributed by atoms with Gasteiger partial charge in [-0.05, 0) is 42.2 Å². The van der Waals surface area contributed by atoms with E-state index in [-0.39, 0.29) is 5.92 Å². The van der Waals surface area contributed by atoms with Gasteiger partial charge in [0.15, 0.2) is 0 Å². The van der Waals surface area contributed by atoms with E-state index in [0.717, 1.165) is 23.3 Å². The summed E-state index contributed by atoms with van der Waals surface area (Å²) in [6.45, 7) is 0.554. The predicted octanol–water partition coefficient (Wildman–Crippen LogP) is 1.82. The van der Waals surface area contributed by atoms with Crippen LogP contribution in [0.1, 0.15) is 11.1 Å². The number of ether oxygens (including phenoxy) is 1. The number of hydrogen-bond acceptors (Lipinski definition) is 4. The average Bonchev–Trinajstić information content (AvgIpc) is 2.47. The molecule has 1 aromatic heterocycles. The Morgan fingerprint density at radius 1 is 1.35 bits per heavy atom. The molecule has 0 fully saturated rings. The minimum Gasteiger partial charge on any atom is -0.493 e. The molecule has 2 atom stereocenters. The highest BCUT2D eigenvalue weighted by Crippen LogP contribution is 2.29. The molecule has 0 amide bonds. The number of benzene rings is 1. The van der Waals surface area contributed by atoms with E-state index in [2.05, 4.69) is 11.1 Å². The summed E-state index contributed by atoms with van der Waals surface area (Å²) >= 11 is 0. The summed E-state index contributed by atoms with van der Waals surface area (Å²) in [5.41, 5.74) is 7.83. The van der Waals surface area contributed by atoms with Crippen molar-refractivity contribution in [3.05, 3.63) is 53.7 Å². The maximum absolute atomic E-state index is 10.4. The zero-order valence-corrected chi connectivity index (χ0v) is 11.2. The number of pyridine rings is 1. The van der Waals surface area contributed by atoms with E-state index in [0.29, 0.717) is 18.8 Å². The third-order valence-corrected chi connectivity index (χ3v) is 3.74. The second-order valence-corrected chi connectivity index (χ2v) is 5.24. The van der Waals surface area contributed by atoms with Gasteiger partial charge < -0.3 is 15.6 Å². The molecular formula is C16H18N2O2. The minimum absolute atomic E-state index is 0.110. The minimum atomic E-state index is -0.440. The van der Waals surface area contributed by atoms with Crippen molar-refractivity contribution in [2.45, 2.75) is 18.9 Å². The Labute approximate surface area is 118 Å². The predicted molar refractivity (Wildman–Crippen MR) is 77.5 cm³/mol. The fourth-order valence-corrected chi connectivity index (χ4v) is 2.63. The highest BCUT2D eigenvalue weighted by Gasteiger charge is 2.26. The van der Waals surface area contributed by atoms with Gasteiger partial charge in [0.2, 0.25) is 0 Å². The first-order valence-corrected chi connectivity index (χ1v) is 6.81. The summed E-state index contributed by atoms with van der Waals surface area (Å²) in [5.74, 6) is 1.53. The molecule has 0 radical (unpaired) electrons. The fourth-order valence-electron chi connectivity index (χ4n) is 2.63. The van der Waals surface area contributed by atoms with Crippen LogP contribution in [0.5, 0.6) is 5.75 Å². The summed E-state index contributed by atoms with van der Waals surface area (Å²) in [6.07, 6.45) is 2.65. The van der Waals surface area contributed by atoms with Gasteiger partial charge >= 0.3 is 0 Å². The zero-order valence-electron chi connectivity index (χ0n) is 11.2. The van der Waals surface area contributed by atoms with Crippen LogP contribution in [0.3, 0.4) is 0 Å². The SMILES string of the molecule is Nc1cc(CC(O)C2COc3ccccc3C2)ccn1. The van der Waals surface area contributed by atoms with Crippen LogP contribution in [0.15, 0.2) is 42.6 Å². The van der Waals surface area contributed by atoms with Crippen LogP contribution in [0, 0.1) is 5.92 Å². The van der Waals surface area contributed by atoms with Crippen LogP contribution in [0.2, 0.25) is 0 Å². The Morgan fingerprint density at radius 2 is 2.20 bits per heavy atom. The number of nitrogens with zero attached hydrogens (tertiary/aromatic N) is 1. The first kappa shape index (κ1) is 12.9. The maximum Gasteiger partial charge on any atom is 0.123 e. The molecule has 1 aliphatic rings. The Hall–Kier alpha value is -2.07. The lowest BCUT2D eigenvalue weighted by Gasteiger charge is -2.28. The number of aliphatic hydroxyl groups excluding tert-OH is 1. The Balaban J connectivity index is 1.68. The second-order valence-electron chi connectivity index (χ2n) is 5.24. The summed E-state index contributed by atoms with van der Waals surface area (Å²) in [5, 5.41) is 10.4. The van der Waals surface area contributed by atoms with E-state index in [4.69, 9.17) is 10.5 Å². The number of nitrogens with two attached hydrogens (primary N) is 1. The third kappa shape index (κ3) is 2.75. The summed E-state index contributed by atoms with van der Waals surface area (Å²) < 4.78 is 5.72. The van der Waals surface area contributed by atoms with Gasteiger partial charge in [0.1, 0.15) is 11.6 Å². The second kappa shape index (κ2) is 5.51. The van der Waals surface area contributed by atoms with Crippen LogP contribution in [-0.4, -0.2) is 22.8 Å². The van der Waals surface area contributed by atoms with Gasteiger partial charge in [-0.2, -0.15) is 0 Å². The molecule has 3 rings (SSSR count).